The van der Waals surface area contributed by atoms with Gasteiger partial charge in [0.15, 0.2) is 5.65 Å². The molecule has 1 atom stereocenters. The predicted molar refractivity (Wildman–Crippen MR) is 85.8 cm³/mol. The van der Waals surface area contributed by atoms with Crippen molar-refractivity contribution in [2.24, 2.45) is 0 Å². The number of fused-ring (bicyclic) bond motifs is 1. The van der Waals surface area contributed by atoms with Crippen LogP contribution in [0.3, 0.4) is 0 Å². The lowest BCUT2D eigenvalue weighted by Crippen LogP contribution is -2.43. The number of amides is 1. The second kappa shape index (κ2) is 5.68. The van der Waals surface area contributed by atoms with Crippen LogP contribution in [0.15, 0.2) is 12.5 Å². The van der Waals surface area contributed by atoms with Gasteiger partial charge < -0.3 is 15.4 Å². The molecule has 1 saturated heterocycles. The highest BCUT2D eigenvalue weighted by Gasteiger charge is 2.29. The first kappa shape index (κ1) is 15.5. The van der Waals surface area contributed by atoms with Crippen molar-refractivity contribution >= 4 is 22.9 Å². The molecule has 3 heterocycles. The zero-order valence-corrected chi connectivity index (χ0v) is 13.7. The highest BCUT2D eigenvalue weighted by molar-refractivity contribution is 5.84. The average molecular weight is 318 g/mol. The molecule has 8 heteroatoms. The molecular weight excluding hydrogens is 296 g/mol. The molecule has 2 N–H and O–H groups in total. The molecule has 0 spiro atoms. The van der Waals surface area contributed by atoms with Gasteiger partial charge in [0.05, 0.1) is 17.6 Å². The Kier molecular flexibility index (Phi) is 3.83. The van der Waals surface area contributed by atoms with Gasteiger partial charge in [-0.05, 0) is 33.6 Å². The van der Waals surface area contributed by atoms with E-state index in [1.165, 1.54) is 6.33 Å². The van der Waals surface area contributed by atoms with Gasteiger partial charge in [0.1, 0.15) is 17.7 Å². The van der Waals surface area contributed by atoms with Gasteiger partial charge in [-0.15, -0.1) is 0 Å². The minimum Gasteiger partial charge on any atom is -0.444 e. The second-order valence-corrected chi connectivity index (χ2v) is 6.81. The molecule has 2 aromatic heterocycles. The van der Waals surface area contributed by atoms with Crippen molar-refractivity contribution in [3.05, 3.63) is 12.5 Å². The molecule has 0 aromatic carbocycles. The van der Waals surface area contributed by atoms with Gasteiger partial charge in [-0.2, -0.15) is 5.10 Å². The van der Waals surface area contributed by atoms with Crippen molar-refractivity contribution in [2.75, 3.05) is 18.8 Å². The Morgan fingerprint density at radius 1 is 1.39 bits per heavy atom. The van der Waals surface area contributed by atoms with Gasteiger partial charge in [-0.1, -0.05) is 0 Å². The lowest BCUT2D eigenvalue weighted by Gasteiger charge is -2.34. The molecule has 3 rings (SSSR count). The summed E-state index contributed by atoms with van der Waals surface area (Å²) in [5.74, 6) is 0.418. The lowest BCUT2D eigenvalue weighted by atomic mass is 10.1. The van der Waals surface area contributed by atoms with E-state index in [4.69, 9.17) is 10.5 Å². The van der Waals surface area contributed by atoms with Gasteiger partial charge in [-0.25, -0.2) is 19.4 Å². The first-order chi connectivity index (χ1) is 10.8. The number of carbonyl (C=O) groups is 1. The Balaban J connectivity index is 1.80. The van der Waals surface area contributed by atoms with Crippen LogP contribution in [0.25, 0.3) is 11.0 Å². The highest BCUT2D eigenvalue weighted by atomic mass is 16.6. The highest BCUT2D eigenvalue weighted by Crippen LogP contribution is 2.26. The number of likely N-dealkylation sites (tertiary alicyclic amines) is 1. The second-order valence-electron chi connectivity index (χ2n) is 6.81. The summed E-state index contributed by atoms with van der Waals surface area (Å²) >= 11 is 0. The molecule has 0 aliphatic carbocycles. The zero-order chi connectivity index (χ0) is 16.6. The third-order valence-electron chi connectivity index (χ3n) is 3.82. The Morgan fingerprint density at radius 2 is 2.17 bits per heavy atom. The third kappa shape index (κ3) is 3.20. The number of piperidine rings is 1. The number of carbonyl (C=O) groups excluding carboxylic acids is 1. The van der Waals surface area contributed by atoms with E-state index in [9.17, 15) is 4.79 Å². The molecule has 1 aliphatic rings. The molecule has 124 valence electrons. The summed E-state index contributed by atoms with van der Waals surface area (Å²) in [5, 5.41) is 5.14. The minimum atomic E-state index is -0.496. The fraction of sp³-hybridized carbons (Fsp3) is 0.600. The van der Waals surface area contributed by atoms with Gasteiger partial charge in [0.25, 0.3) is 0 Å². The lowest BCUT2D eigenvalue weighted by molar-refractivity contribution is 0.0169. The number of hydrogen-bond donors (Lipinski definition) is 1. The van der Waals surface area contributed by atoms with Gasteiger partial charge in [-0.3, -0.25) is 0 Å². The summed E-state index contributed by atoms with van der Waals surface area (Å²) in [6.07, 6.45) is 4.65. The Bertz CT molecular complexity index is 720. The van der Waals surface area contributed by atoms with Crippen molar-refractivity contribution in [1.82, 2.24) is 24.6 Å². The summed E-state index contributed by atoms with van der Waals surface area (Å²) in [6.45, 7) is 6.85. The van der Waals surface area contributed by atoms with Crippen LogP contribution >= 0.6 is 0 Å². The molecule has 23 heavy (non-hydrogen) atoms. The van der Waals surface area contributed by atoms with Crippen molar-refractivity contribution in [3.63, 3.8) is 0 Å². The molecule has 1 fully saturated rings. The number of rotatable bonds is 1. The van der Waals surface area contributed by atoms with Crippen molar-refractivity contribution < 1.29 is 9.53 Å². The fourth-order valence-electron chi connectivity index (χ4n) is 2.79. The maximum absolute atomic E-state index is 12.3. The Hall–Kier alpha value is -2.38. The predicted octanol–water partition coefficient (Wildman–Crippen LogP) is 1.98. The maximum Gasteiger partial charge on any atom is 0.410 e. The van der Waals surface area contributed by atoms with E-state index < -0.39 is 5.60 Å². The number of anilines is 1. The van der Waals surface area contributed by atoms with Crippen molar-refractivity contribution in [2.45, 2.75) is 45.3 Å². The first-order valence-electron chi connectivity index (χ1n) is 7.77. The molecular formula is C15H22N6O2. The first-order valence-corrected chi connectivity index (χ1v) is 7.77. The normalized spacial score (nSPS) is 19.1. The van der Waals surface area contributed by atoms with E-state index in [1.807, 2.05) is 25.5 Å². The topological polar surface area (TPSA) is 99.2 Å². The van der Waals surface area contributed by atoms with Crippen LogP contribution in [0.5, 0.6) is 0 Å². The van der Waals surface area contributed by atoms with Crippen LogP contribution in [0.4, 0.5) is 10.6 Å². The number of aromatic nitrogens is 4. The molecule has 0 unspecified atom stereocenters. The Labute approximate surface area is 134 Å². The van der Waals surface area contributed by atoms with Crippen LogP contribution in [0.1, 0.15) is 39.7 Å². The summed E-state index contributed by atoms with van der Waals surface area (Å²) in [7, 11) is 0. The summed E-state index contributed by atoms with van der Waals surface area (Å²) < 4.78 is 7.30. The maximum atomic E-state index is 12.3. The van der Waals surface area contributed by atoms with Crippen molar-refractivity contribution in [1.29, 1.82) is 0 Å². The van der Waals surface area contributed by atoms with E-state index in [0.29, 0.717) is 24.6 Å². The van der Waals surface area contributed by atoms with E-state index in [2.05, 4.69) is 15.1 Å². The molecule has 1 aliphatic heterocycles. The number of nitrogen functional groups attached to an aromatic ring is 1. The summed E-state index contributed by atoms with van der Waals surface area (Å²) in [6, 6.07) is 0.0584. The van der Waals surface area contributed by atoms with Gasteiger partial charge in [0.2, 0.25) is 0 Å². The van der Waals surface area contributed by atoms with Gasteiger partial charge >= 0.3 is 6.09 Å². The zero-order valence-electron chi connectivity index (χ0n) is 13.7. The smallest absolute Gasteiger partial charge is 0.410 e. The van der Waals surface area contributed by atoms with Crippen LogP contribution in [-0.4, -0.2) is 49.4 Å². The van der Waals surface area contributed by atoms with E-state index >= 15 is 0 Å². The van der Waals surface area contributed by atoms with Gasteiger partial charge in [0, 0.05) is 13.1 Å². The van der Waals surface area contributed by atoms with E-state index in [0.717, 1.165) is 18.2 Å². The molecule has 0 bridgehead atoms. The van der Waals surface area contributed by atoms with Crippen LogP contribution in [-0.2, 0) is 4.74 Å². The average Bonchev–Trinajstić information content (AvgIpc) is 2.91. The van der Waals surface area contributed by atoms with Crippen LogP contribution in [0.2, 0.25) is 0 Å². The molecule has 1 amide bonds. The molecule has 2 aromatic rings. The van der Waals surface area contributed by atoms with Crippen molar-refractivity contribution in [3.8, 4) is 0 Å². The van der Waals surface area contributed by atoms with Crippen LogP contribution < -0.4 is 5.73 Å². The SMILES string of the molecule is CC(C)(C)OC(=O)N1CCC[C@H](n2ncc3c(N)ncnc32)C1. The molecule has 0 saturated carbocycles. The summed E-state index contributed by atoms with van der Waals surface area (Å²) in [5.41, 5.74) is 6.06. The number of hydrogen-bond acceptors (Lipinski definition) is 6. The minimum absolute atomic E-state index is 0.0584. The monoisotopic (exact) mass is 318 g/mol. The van der Waals surface area contributed by atoms with E-state index in [1.54, 1.807) is 11.1 Å². The number of ether oxygens (including phenoxy) is 1. The Morgan fingerprint density at radius 3 is 2.91 bits per heavy atom. The molecule has 0 radical (unpaired) electrons. The fourth-order valence-corrected chi connectivity index (χ4v) is 2.79. The third-order valence-corrected chi connectivity index (χ3v) is 3.82. The quantitative estimate of drug-likeness (QED) is 0.863. The largest absolute Gasteiger partial charge is 0.444 e. The number of nitrogens with two attached hydrogens (primary N) is 1. The number of nitrogens with zero attached hydrogens (tertiary/aromatic N) is 5. The molecule has 8 nitrogen and oxygen atoms in total. The standard InChI is InChI=1S/C15H22N6O2/c1-15(2,3)23-14(22)20-6-4-5-10(8-20)21-13-11(7-19-21)12(16)17-9-18-13/h7,9-10H,4-6,8H2,1-3H3,(H2,16,17,18)/t10-/m0/s1. The van der Waals surface area contributed by atoms with Crippen LogP contribution in [0, 0.1) is 0 Å². The summed E-state index contributed by atoms with van der Waals surface area (Å²) in [4.78, 5) is 22.3. The van der Waals surface area contributed by atoms with E-state index in [-0.39, 0.29) is 12.1 Å².